The van der Waals surface area contributed by atoms with Crippen LogP contribution in [0.15, 0.2) is 22.9 Å². The van der Waals surface area contributed by atoms with Gasteiger partial charge in [0, 0.05) is 7.57 Å². The average Bonchev–Trinajstić information content (AvgIpc) is 1.86. The SMILES string of the molecule is [2H]C(C)(C)c1ccnc(Br)c1. The van der Waals surface area contributed by atoms with Crippen LogP contribution in [0.5, 0.6) is 0 Å². The predicted octanol–water partition coefficient (Wildman–Crippen LogP) is 2.97. The summed E-state index contributed by atoms with van der Waals surface area (Å²) in [6.07, 6.45) is 1.70. The van der Waals surface area contributed by atoms with Gasteiger partial charge in [-0.3, -0.25) is 0 Å². The predicted molar refractivity (Wildman–Crippen MR) is 46.0 cm³/mol. The molecule has 1 rings (SSSR count). The molecule has 0 amide bonds. The number of rotatable bonds is 1. The van der Waals surface area contributed by atoms with Crippen molar-refractivity contribution in [2.24, 2.45) is 0 Å². The van der Waals surface area contributed by atoms with Gasteiger partial charge in [0.05, 0.1) is 0 Å². The van der Waals surface area contributed by atoms with Gasteiger partial charge in [-0.25, -0.2) is 4.98 Å². The van der Waals surface area contributed by atoms with Gasteiger partial charge in [-0.1, -0.05) is 13.8 Å². The van der Waals surface area contributed by atoms with Crippen molar-refractivity contribution in [2.45, 2.75) is 19.7 Å². The van der Waals surface area contributed by atoms with E-state index in [1.807, 2.05) is 26.0 Å². The molecule has 0 aliphatic carbocycles. The van der Waals surface area contributed by atoms with Crippen LogP contribution >= 0.6 is 15.9 Å². The van der Waals surface area contributed by atoms with Crippen LogP contribution in [0.4, 0.5) is 0 Å². The van der Waals surface area contributed by atoms with Gasteiger partial charge in [-0.15, -0.1) is 0 Å². The van der Waals surface area contributed by atoms with Gasteiger partial charge >= 0.3 is 0 Å². The van der Waals surface area contributed by atoms with Gasteiger partial charge in [0.2, 0.25) is 0 Å². The lowest BCUT2D eigenvalue weighted by atomic mass is 10.1. The topological polar surface area (TPSA) is 12.9 Å². The van der Waals surface area contributed by atoms with Crippen LogP contribution in [0.25, 0.3) is 0 Å². The molecule has 1 aromatic rings. The zero-order valence-electron chi connectivity index (χ0n) is 7.06. The van der Waals surface area contributed by atoms with Crippen LogP contribution < -0.4 is 0 Å². The summed E-state index contributed by atoms with van der Waals surface area (Å²) in [6.45, 7) is 3.71. The van der Waals surface area contributed by atoms with Crippen LogP contribution in [-0.4, -0.2) is 4.98 Å². The van der Waals surface area contributed by atoms with E-state index in [-0.39, 0.29) is 0 Å². The van der Waals surface area contributed by atoms with E-state index in [1.165, 1.54) is 0 Å². The number of nitrogens with zero attached hydrogens (tertiary/aromatic N) is 1. The summed E-state index contributed by atoms with van der Waals surface area (Å²) in [7, 11) is 0. The van der Waals surface area contributed by atoms with Crippen LogP contribution in [0.3, 0.4) is 0 Å². The highest BCUT2D eigenvalue weighted by Gasteiger charge is 1.97. The van der Waals surface area contributed by atoms with Gasteiger partial charge in [0.15, 0.2) is 0 Å². The van der Waals surface area contributed by atoms with E-state index >= 15 is 0 Å². The fourth-order valence-corrected chi connectivity index (χ4v) is 1.08. The molecule has 0 saturated carbocycles. The molecule has 0 bridgehead atoms. The monoisotopic (exact) mass is 200 g/mol. The molecule has 0 aromatic carbocycles. The third kappa shape index (κ3) is 1.81. The summed E-state index contributed by atoms with van der Waals surface area (Å²) in [6, 6.07) is 3.73. The normalized spacial score (nSPS) is 12.9. The summed E-state index contributed by atoms with van der Waals surface area (Å²) < 4.78 is 8.51. The van der Waals surface area contributed by atoms with E-state index in [1.54, 1.807) is 6.20 Å². The zero-order valence-corrected chi connectivity index (χ0v) is 7.64. The Morgan fingerprint density at radius 1 is 1.70 bits per heavy atom. The molecule has 0 saturated heterocycles. The summed E-state index contributed by atoms with van der Waals surface area (Å²) >= 11 is 3.26. The molecule has 1 aromatic heterocycles. The van der Waals surface area contributed by atoms with Gasteiger partial charge in [-0.05, 0) is 39.5 Å². The molecular formula is C8H10BrN. The Kier molecular flexibility index (Phi) is 2.00. The van der Waals surface area contributed by atoms with Crippen molar-refractivity contribution in [3.8, 4) is 0 Å². The van der Waals surface area contributed by atoms with Crippen molar-refractivity contribution in [3.63, 3.8) is 0 Å². The Morgan fingerprint density at radius 3 is 2.80 bits per heavy atom. The van der Waals surface area contributed by atoms with E-state index in [2.05, 4.69) is 20.9 Å². The van der Waals surface area contributed by atoms with E-state index in [9.17, 15) is 0 Å². The summed E-state index contributed by atoms with van der Waals surface area (Å²) in [5.74, 6) is -0.536. The molecule has 0 spiro atoms. The molecule has 0 aliphatic heterocycles. The second kappa shape index (κ2) is 3.15. The fourth-order valence-electron chi connectivity index (χ4n) is 0.713. The first-order valence-electron chi connectivity index (χ1n) is 3.62. The maximum atomic E-state index is 7.72. The van der Waals surface area contributed by atoms with E-state index in [0.717, 1.165) is 10.2 Å². The standard InChI is InChI=1S/C8H10BrN/c1-6(2)7-3-4-10-8(9)5-7/h3-6H,1-2H3/i6D. The quantitative estimate of drug-likeness (QED) is 0.636. The first kappa shape index (κ1) is 6.35. The Morgan fingerprint density at radius 2 is 2.40 bits per heavy atom. The number of halogens is 1. The lowest BCUT2D eigenvalue weighted by Crippen LogP contribution is -1.87. The van der Waals surface area contributed by atoms with Gasteiger partial charge < -0.3 is 0 Å². The molecular weight excluding hydrogens is 190 g/mol. The molecule has 0 aliphatic rings. The summed E-state index contributed by atoms with van der Waals surface area (Å²) in [4.78, 5) is 3.99. The third-order valence-corrected chi connectivity index (χ3v) is 1.74. The first-order valence-corrected chi connectivity index (χ1v) is 3.91. The van der Waals surface area contributed by atoms with Crippen LogP contribution in [0.2, 0.25) is 0 Å². The molecule has 0 radical (unpaired) electrons. The molecule has 54 valence electrons. The minimum Gasteiger partial charge on any atom is -0.249 e. The minimum atomic E-state index is -0.536. The minimum absolute atomic E-state index is 0.536. The Balaban J connectivity index is 3.06. The number of hydrogen-bond donors (Lipinski definition) is 0. The smallest absolute Gasteiger partial charge is 0.106 e. The van der Waals surface area contributed by atoms with Crippen molar-refractivity contribution >= 4 is 15.9 Å². The number of aromatic nitrogens is 1. The molecule has 0 fully saturated rings. The third-order valence-electron chi connectivity index (χ3n) is 1.30. The highest BCUT2D eigenvalue weighted by molar-refractivity contribution is 9.10. The number of pyridine rings is 1. The zero-order chi connectivity index (χ0) is 8.48. The highest BCUT2D eigenvalue weighted by atomic mass is 79.9. The van der Waals surface area contributed by atoms with E-state index in [0.29, 0.717) is 0 Å². The molecule has 0 unspecified atom stereocenters. The van der Waals surface area contributed by atoms with Crippen LogP contribution in [0.1, 0.15) is 26.7 Å². The first-order chi connectivity index (χ1) is 5.00. The molecule has 0 atom stereocenters. The molecule has 2 heteroatoms. The van der Waals surface area contributed by atoms with Crippen molar-refractivity contribution in [3.05, 3.63) is 28.5 Å². The number of hydrogen-bond acceptors (Lipinski definition) is 1. The Hall–Kier alpha value is -0.370. The van der Waals surface area contributed by atoms with E-state index < -0.39 is 5.89 Å². The Bertz CT molecular complexity index is 255. The van der Waals surface area contributed by atoms with Crippen LogP contribution in [-0.2, 0) is 0 Å². The van der Waals surface area contributed by atoms with Gasteiger partial charge in [0.25, 0.3) is 0 Å². The maximum Gasteiger partial charge on any atom is 0.106 e. The van der Waals surface area contributed by atoms with Crippen molar-refractivity contribution in [1.82, 2.24) is 4.98 Å². The highest BCUT2D eigenvalue weighted by Crippen LogP contribution is 2.16. The van der Waals surface area contributed by atoms with Gasteiger partial charge in [-0.2, -0.15) is 0 Å². The lowest BCUT2D eigenvalue weighted by Gasteiger charge is -2.03. The second-order valence-electron chi connectivity index (χ2n) is 2.37. The lowest BCUT2D eigenvalue weighted by molar-refractivity contribution is 0.861. The molecule has 0 N–H and O–H groups in total. The summed E-state index contributed by atoms with van der Waals surface area (Å²) in [5.41, 5.74) is 0.972. The molecule has 10 heavy (non-hydrogen) atoms. The van der Waals surface area contributed by atoms with E-state index in [4.69, 9.17) is 1.37 Å². The second-order valence-corrected chi connectivity index (χ2v) is 3.18. The van der Waals surface area contributed by atoms with Crippen LogP contribution in [0, 0.1) is 0 Å². The van der Waals surface area contributed by atoms with Gasteiger partial charge in [0.1, 0.15) is 4.60 Å². The maximum absolute atomic E-state index is 7.72. The molecule has 1 heterocycles. The summed E-state index contributed by atoms with van der Waals surface area (Å²) in [5, 5.41) is 0. The fraction of sp³-hybridized carbons (Fsp3) is 0.375. The van der Waals surface area contributed by atoms with Crippen molar-refractivity contribution < 1.29 is 1.37 Å². The molecule has 1 nitrogen and oxygen atoms in total. The average molecular weight is 201 g/mol. The Labute approximate surface area is 71.0 Å². The van der Waals surface area contributed by atoms with Crippen molar-refractivity contribution in [2.75, 3.05) is 0 Å². The largest absolute Gasteiger partial charge is 0.249 e. The van der Waals surface area contributed by atoms with Crippen molar-refractivity contribution in [1.29, 1.82) is 0 Å².